The Bertz CT molecular complexity index is 449. The molecule has 0 radical (unpaired) electrons. The van der Waals surface area contributed by atoms with Gasteiger partial charge in [0.05, 0.1) is 13.0 Å². The molecule has 1 fully saturated rings. The average Bonchev–Trinajstić information content (AvgIpc) is 3.28. The van der Waals surface area contributed by atoms with E-state index in [0.717, 1.165) is 11.3 Å². The standard InChI is InChI=1S/C15H22N2O2.ClH/c1-10(12-4-3-5-13(8-12)19-2)15(18)17-9-14(16)11-6-7-11;/h3-5,8,10-11,14H,6-7,9,16H2,1-2H3,(H,17,18);1H. The number of halogens is 1. The second-order valence-corrected chi connectivity index (χ2v) is 5.24. The molecule has 2 unspecified atom stereocenters. The zero-order chi connectivity index (χ0) is 13.8. The SMILES string of the molecule is COc1cccc(C(C)C(=O)NCC(N)C2CC2)c1.Cl. The minimum Gasteiger partial charge on any atom is -0.497 e. The number of benzene rings is 1. The highest BCUT2D eigenvalue weighted by molar-refractivity contribution is 5.85. The number of rotatable bonds is 6. The molecule has 2 atom stereocenters. The average molecular weight is 299 g/mol. The molecule has 5 heteroatoms. The van der Waals surface area contributed by atoms with Gasteiger partial charge in [0.1, 0.15) is 5.75 Å². The third-order valence-electron chi connectivity index (χ3n) is 3.73. The third-order valence-corrected chi connectivity index (χ3v) is 3.73. The number of nitrogens with one attached hydrogen (secondary N) is 1. The maximum Gasteiger partial charge on any atom is 0.227 e. The highest BCUT2D eigenvalue weighted by Crippen LogP contribution is 2.31. The Balaban J connectivity index is 0.00000200. The van der Waals surface area contributed by atoms with Crippen LogP contribution in [0, 0.1) is 5.92 Å². The van der Waals surface area contributed by atoms with Gasteiger partial charge >= 0.3 is 0 Å². The molecule has 1 aliphatic rings. The molecule has 1 saturated carbocycles. The molecule has 2 rings (SSSR count). The van der Waals surface area contributed by atoms with Crippen molar-refractivity contribution in [3.8, 4) is 5.75 Å². The van der Waals surface area contributed by atoms with Crippen LogP contribution in [0.2, 0.25) is 0 Å². The second-order valence-electron chi connectivity index (χ2n) is 5.24. The molecule has 0 saturated heterocycles. The molecule has 0 aliphatic heterocycles. The lowest BCUT2D eigenvalue weighted by atomic mass is 10.00. The summed E-state index contributed by atoms with van der Waals surface area (Å²) in [6, 6.07) is 7.70. The van der Waals surface area contributed by atoms with Gasteiger partial charge in [0, 0.05) is 12.6 Å². The van der Waals surface area contributed by atoms with E-state index < -0.39 is 0 Å². The molecular weight excluding hydrogens is 276 g/mol. The van der Waals surface area contributed by atoms with Crippen LogP contribution in [0.3, 0.4) is 0 Å². The van der Waals surface area contributed by atoms with E-state index in [1.54, 1.807) is 7.11 Å². The fourth-order valence-electron chi connectivity index (χ4n) is 2.12. The van der Waals surface area contributed by atoms with Crippen LogP contribution in [-0.4, -0.2) is 25.6 Å². The number of hydrogen-bond acceptors (Lipinski definition) is 3. The van der Waals surface area contributed by atoms with Gasteiger partial charge in [-0.05, 0) is 43.4 Å². The van der Waals surface area contributed by atoms with E-state index in [0.29, 0.717) is 12.5 Å². The van der Waals surface area contributed by atoms with E-state index in [2.05, 4.69) is 5.32 Å². The summed E-state index contributed by atoms with van der Waals surface area (Å²) in [6.07, 6.45) is 2.39. The fourth-order valence-corrected chi connectivity index (χ4v) is 2.12. The van der Waals surface area contributed by atoms with Crippen LogP contribution in [0.1, 0.15) is 31.2 Å². The number of carbonyl (C=O) groups is 1. The first-order chi connectivity index (χ1) is 9.11. The minimum absolute atomic E-state index is 0. The maximum atomic E-state index is 12.1. The number of methoxy groups -OCH3 is 1. The van der Waals surface area contributed by atoms with Crippen molar-refractivity contribution in [2.75, 3.05) is 13.7 Å². The second kappa shape index (κ2) is 7.50. The molecule has 0 aromatic heterocycles. The maximum absolute atomic E-state index is 12.1. The third kappa shape index (κ3) is 4.39. The van der Waals surface area contributed by atoms with E-state index in [-0.39, 0.29) is 30.3 Å². The van der Waals surface area contributed by atoms with E-state index in [1.807, 2.05) is 31.2 Å². The highest BCUT2D eigenvalue weighted by atomic mass is 35.5. The van der Waals surface area contributed by atoms with Gasteiger partial charge in [-0.25, -0.2) is 0 Å². The number of hydrogen-bond donors (Lipinski definition) is 2. The van der Waals surface area contributed by atoms with Gasteiger partial charge in [-0.3, -0.25) is 4.79 Å². The number of nitrogens with two attached hydrogens (primary N) is 1. The normalized spacial score (nSPS) is 16.8. The van der Waals surface area contributed by atoms with Gasteiger partial charge in [-0.2, -0.15) is 0 Å². The fraction of sp³-hybridized carbons (Fsp3) is 0.533. The molecule has 112 valence electrons. The van der Waals surface area contributed by atoms with Crippen LogP contribution in [-0.2, 0) is 4.79 Å². The molecule has 4 nitrogen and oxygen atoms in total. The van der Waals surface area contributed by atoms with Crippen LogP contribution in [0.25, 0.3) is 0 Å². The summed E-state index contributed by atoms with van der Waals surface area (Å²) in [5, 5.41) is 2.93. The lowest BCUT2D eigenvalue weighted by Gasteiger charge is -2.16. The van der Waals surface area contributed by atoms with Crippen LogP contribution < -0.4 is 15.8 Å². The number of amides is 1. The van der Waals surface area contributed by atoms with Gasteiger partial charge in [0.2, 0.25) is 5.91 Å². The zero-order valence-corrected chi connectivity index (χ0v) is 12.8. The number of ether oxygens (including phenoxy) is 1. The first-order valence-corrected chi connectivity index (χ1v) is 6.79. The minimum atomic E-state index is -0.193. The Morgan fingerprint density at radius 3 is 2.80 bits per heavy atom. The molecule has 1 aromatic rings. The van der Waals surface area contributed by atoms with Crippen LogP contribution in [0.15, 0.2) is 24.3 Å². The first-order valence-electron chi connectivity index (χ1n) is 6.79. The van der Waals surface area contributed by atoms with Crippen molar-refractivity contribution in [2.45, 2.75) is 31.7 Å². The molecule has 3 N–H and O–H groups in total. The Labute approximate surface area is 126 Å². The molecule has 1 amide bonds. The topological polar surface area (TPSA) is 64.3 Å². The van der Waals surface area contributed by atoms with Crippen molar-refractivity contribution in [3.63, 3.8) is 0 Å². The molecule has 20 heavy (non-hydrogen) atoms. The quantitative estimate of drug-likeness (QED) is 0.845. The van der Waals surface area contributed by atoms with E-state index in [4.69, 9.17) is 10.5 Å². The van der Waals surface area contributed by atoms with Crippen molar-refractivity contribution in [3.05, 3.63) is 29.8 Å². The van der Waals surface area contributed by atoms with Crippen molar-refractivity contribution >= 4 is 18.3 Å². The largest absolute Gasteiger partial charge is 0.497 e. The summed E-state index contributed by atoms with van der Waals surface area (Å²) < 4.78 is 5.17. The first kappa shape index (κ1) is 16.8. The summed E-state index contributed by atoms with van der Waals surface area (Å²) in [5.74, 6) is 1.20. The van der Waals surface area contributed by atoms with Gasteiger partial charge in [-0.15, -0.1) is 12.4 Å². The zero-order valence-electron chi connectivity index (χ0n) is 12.0. The number of carbonyl (C=O) groups excluding carboxylic acids is 1. The molecule has 0 bridgehead atoms. The molecule has 0 heterocycles. The Hall–Kier alpha value is -1.26. The van der Waals surface area contributed by atoms with Crippen LogP contribution in [0.5, 0.6) is 5.75 Å². The van der Waals surface area contributed by atoms with E-state index in [9.17, 15) is 4.79 Å². The summed E-state index contributed by atoms with van der Waals surface area (Å²) in [7, 11) is 1.62. The Kier molecular flexibility index (Phi) is 6.30. The predicted molar refractivity (Wildman–Crippen MR) is 82.4 cm³/mol. The Morgan fingerprint density at radius 1 is 1.50 bits per heavy atom. The summed E-state index contributed by atoms with van der Waals surface area (Å²) in [5.41, 5.74) is 6.93. The molecule has 0 spiro atoms. The van der Waals surface area contributed by atoms with Crippen LogP contribution >= 0.6 is 12.4 Å². The summed E-state index contributed by atoms with van der Waals surface area (Å²) >= 11 is 0. The lowest BCUT2D eigenvalue weighted by Crippen LogP contribution is -2.40. The molecule has 1 aromatic carbocycles. The van der Waals surface area contributed by atoms with Gasteiger partial charge in [0.25, 0.3) is 0 Å². The molecule has 1 aliphatic carbocycles. The van der Waals surface area contributed by atoms with Crippen LogP contribution in [0.4, 0.5) is 0 Å². The van der Waals surface area contributed by atoms with Crippen molar-refractivity contribution in [1.82, 2.24) is 5.32 Å². The highest BCUT2D eigenvalue weighted by Gasteiger charge is 2.28. The van der Waals surface area contributed by atoms with Gasteiger partial charge < -0.3 is 15.8 Å². The lowest BCUT2D eigenvalue weighted by molar-refractivity contribution is -0.122. The molecular formula is C15H23ClN2O2. The smallest absolute Gasteiger partial charge is 0.227 e. The van der Waals surface area contributed by atoms with E-state index >= 15 is 0 Å². The monoisotopic (exact) mass is 298 g/mol. The van der Waals surface area contributed by atoms with Crippen molar-refractivity contribution in [2.24, 2.45) is 11.7 Å². The van der Waals surface area contributed by atoms with Gasteiger partial charge in [-0.1, -0.05) is 12.1 Å². The van der Waals surface area contributed by atoms with Crippen molar-refractivity contribution in [1.29, 1.82) is 0 Å². The Morgan fingerprint density at radius 2 is 2.20 bits per heavy atom. The predicted octanol–water partition coefficient (Wildman–Crippen LogP) is 2.07. The van der Waals surface area contributed by atoms with Crippen molar-refractivity contribution < 1.29 is 9.53 Å². The summed E-state index contributed by atoms with van der Waals surface area (Å²) in [4.78, 5) is 12.1. The van der Waals surface area contributed by atoms with Gasteiger partial charge in [0.15, 0.2) is 0 Å². The summed E-state index contributed by atoms with van der Waals surface area (Å²) in [6.45, 7) is 2.46. The van der Waals surface area contributed by atoms with E-state index in [1.165, 1.54) is 12.8 Å².